The van der Waals surface area contributed by atoms with E-state index in [0.29, 0.717) is 5.82 Å². The van der Waals surface area contributed by atoms with Gasteiger partial charge in [-0.05, 0) is 29.5 Å². The van der Waals surface area contributed by atoms with E-state index in [1.807, 2.05) is 12.1 Å². The number of aromatic nitrogens is 4. The Morgan fingerprint density at radius 3 is 2.38 bits per heavy atom. The Hall–Kier alpha value is -1.62. The molecule has 1 aromatic carbocycles. The van der Waals surface area contributed by atoms with E-state index < -0.39 is 0 Å². The quantitative estimate of drug-likeness (QED) is 0.665. The van der Waals surface area contributed by atoms with Crippen LogP contribution in [0.25, 0.3) is 11.4 Å². The molecule has 0 atom stereocenters. The zero-order valence-corrected chi connectivity index (χ0v) is 7.45. The maximum atomic E-state index is 5.52. The van der Waals surface area contributed by atoms with Crippen LogP contribution < -0.4 is 5.73 Å². The second-order valence-electron chi connectivity index (χ2n) is 2.36. The number of nitrogens with one attached hydrogen (secondary N) is 1. The number of nitrogen functional groups attached to an aromatic ring is 1. The van der Waals surface area contributed by atoms with Crippen LogP contribution in [0, 0.1) is 0 Å². The maximum absolute atomic E-state index is 5.52. The molecular weight excluding hydrogens is 190 g/mol. The van der Waals surface area contributed by atoms with Crippen LogP contribution in [0.15, 0.2) is 24.3 Å². The molecule has 0 fully saturated rings. The van der Waals surface area contributed by atoms with Gasteiger partial charge in [-0.15, -0.1) is 22.6 Å². The number of nitrogens with two attached hydrogens (primary N) is 1. The summed E-state index contributed by atoms with van der Waals surface area (Å²) in [4.78, 5) is 0. The summed E-state index contributed by atoms with van der Waals surface area (Å²) in [6, 6.07) is 7.29. The fourth-order valence-corrected chi connectivity index (χ4v) is 0.916. The average molecular weight is 198 g/mol. The van der Waals surface area contributed by atoms with E-state index in [-0.39, 0.29) is 12.4 Å². The van der Waals surface area contributed by atoms with Crippen LogP contribution >= 0.6 is 12.4 Å². The van der Waals surface area contributed by atoms with Crippen molar-refractivity contribution in [1.82, 2.24) is 20.6 Å². The summed E-state index contributed by atoms with van der Waals surface area (Å²) in [6.45, 7) is 0. The molecule has 0 radical (unpaired) electrons. The molecule has 0 saturated heterocycles. The second-order valence-corrected chi connectivity index (χ2v) is 2.36. The topological polar surface area (TPSA) is 80.5 Å². The summed E-state index contributed by atoms with van der Waals surface area (Å²) >= 11 is 0. The molecule has 68 valence electrons. The van der Waals surface area contributed by atoms with Gasteiger partial charge >= 0.3 is 0 Å². The van der Waals surface area contributed by atoms with E-state index in [9.17, 15) is 0 Å². The molecule has 0 aliphatic carbocycles. The largest absolute Gasteiger partial charge is 0.399 e. The van der Waals surface area contributed by atoms with Crippen molar-refractivity contribution >= 4 is 18.1 Å². The minimum absolute atomic E-state index is 0. The summed E-state index contributed by atoms with van der Waals surface area (Å²) in [5.74, 6) is 0.579. The van der Waals surface area contributed by atoms with Crippen molar-refractivity contribution < 1.29 is 0 Å². The third-order valence-corrected chi connectivity index (χ3v) is 1.51. The third kappa shape index (κ3) is 1.94. The molecular formula is C7H8ClN5. The summed E-state index contributed by atoms with van der Waals surface area (Å²) in [5, 5.41) is 13.5. The molecule has 5 nitrogen and oxygen atoms in total. The minimum atomic E-state index is 0. The minimum Gasteiger partial charge on any atom is -0.399 e. The van der Waals surface area contributed by atoms with Crippen molar-refractivity contribution in [2.24, 2.45) is 0 Å². The summed E-state index contributed by atoms with van der Waals surface area (Å²) in [7, 11) is 0. The SMILES string of the molecule is Cl.Nc1ccc(-c2nn[nH]n2)cc1. The fraction of sp³-hybridized carbons (Fsp3) is 0. The van der Waals surface area contributed by atoms with E-state index in [4.69, 9.17) is 5.73 Å². The molecule has 6 heteroatoms. The van der Waals surface area contributed by atoms with Gasteiger partial charge < -0.3 is 5.73 Å². The van der Waals surface area contributed by atoms with Crippen LogP contribution in [0.4, 0.5) is 5.69 Å². The number of hydrogen-bond acceptors (Lipinski definition) is 4. The highest BCUT2D eigenvalue weighted by molar-refractivity contribution is 5.85. The molecule has 3 N–H and O–H groups in total. The number of benzene rings is 1. The number of anilines is 1. The summed E-state index contributed by atoms with van der Waals surface area (Å²) in [6.07, 6.45) is 0. The van der Waals surface area contributed by atoms with Crippen LogP contribution in [-0.4, -0.2) is 20.6 Å². The van der Waals surface area contributed by atoms with Gasteiger partial charge in [0, 0.05) is 11.3 Å². The van der Waals surface area contributed by atoms with Crippen molar-refractivity contribution in [1.29, 1.82) is 0 Å². The number of H-pyrrole nitrogens is 1. The zero-order chi connectivity index (χ0) is 8.39. The first kappa shape index (κ1) is 9.47. The molecule has 1 aromatic heterocycles. The lowest BCUT2D eigenvalue weighted by Crippen LogP contribution is -1.85. The van der Waals surface area contributed by atoms with Gasteiger partial charge in [-0.1, -0.05) is 0 Å². The Morgan fingerprint density at radius 2 is 1.85 bits per heavy atom. The number of rotatable bonds is 1. The van der Waals surface area contributed by atoms with Crippen LogP contribution in [0.2, 0.25) is 0 Å². The van der Waals surface area contributed by atoms with Crippen molar-refractivity contribution in [2.45, 2.75) is 0 Å². The Balaban J connectivity index is 0.000000845. The van der Waals surface area contributed by atoms with Crippen molar-refractivity contribution in [2.75, 3.05) is 5.73 Å². The fourth-order valence-electron chi connectivity index (χ4n) is 0.916. The zero-order valence-electron chi connectivity index (χ0n) is 6.64. The molecule has 0 spiro atoms. The van der Waals surface area contributed by atoms with E-state index >= 15 is 0 Å². The standard InChI is InChI=1S/C7H7N5.ClH/c8-6-3-1-5(2-4-6)7-9-11-12-10-7;/h1-4H,8H2,(H,9,10,11,12);1H. The molecule has 0 saturated carbocycles. The first-order valence-corrected chi connectivity index (χ1v) is 3.45. The number of tetrazole rings is 1. The van der Waals surface area contributed by atoms with E-state index in [1.54, 1.807) is 12.1 Å². The Labute approximate surface area is 80.8 Å². The van der Waals surface area contributed by atoms with Gasteiger partial charge in [-0.25, -0.2) is 0 Å². The highest BCUT2D eigenvalue weighted by Gasteiger charge is 2.00. The van der Waals surface area contributed by atoms with Crippen LogP contribution in [0.5, 0.6) is 0 Å². The molecule has 0 unspecified atom stereocenters. The molecule has 2 aromatic rings. The van der Waals surface area contributed by atoms with Crippen molar-refractivity contribution in [3.8, 4) is 11.4 Å². The lowest BCUT2D eigenvalue weighted by atomic mass is 10.2. The Kier molecular flexibility index (Phi) is 2.81. The first-order chi connectivity index (χ1) is 5.86. The van der Waals surface area contributed by atoms with Gasteiger partial charge in [-0.3, -0.25) is 0 Å². The molecule has 13 heavy (non-hydrogen) atoms. The maximum Gasteiger partial charge on any atom is 0.204 e. The molecule has 2 rings (SSSR count). The van der Waals surface area contributed by atoms with Crippen molar-refractivity contribution in [3.63, 3.8) is 0 Å². The average Bonchev–Trinajstić information content (AvgIpc) is 2.58. The van der Waals surface area contributed by atoms with Crippen molar-refractivity contribution in [3.05, 3.63) is 24.3 Å². The second kappa shape index (κ2) is 3.86. The Morgan fingerprint density at radius 1 is 1.15 bits per heavy atom. The van der Waals surface area contributed by atoms with E-state index in [1.165, 1.54) is 0 Å². The highest BCUT2D eigenvalue weighted by Crippen LogP contribution is 2.14. The smallest absolute Gasteiger partial charge is 0.204 e. The summed E-state index contributed by atoms with van der Waals surface area (Å²) in [5.41, 5.74) is 7.14. The summed E-state index contributed by atoms with van der Waals surface area (Å²) < 4.78 is 0. The number of hydrogen-bond donors (Lipinski definition) is 2. The molecule has 1 heterocycles. The van der Waals surface area contributed by atoms with E-state index in [2.05, 4.69) is 20.6 Å². The lowest BCUT2D eigenvalue weighted by Gasteiger charge is -1.93. The van der Waals surface area contributed by atoms with Crippen LogP contribution in [0.1, 0.15) is 0 Å². The van der Waals surface area contributed by atoms with Gasteiger partial charge in [0.05, 0.1) is 0 Å². The first-order valence-electron chi connectivity index (χ1n) is 3.45. The highest BCUT2D eigenvalue weighted by atomic mass is 35.5. The number of halogens is 1. The number of aromatic amines is 1. The third-order valence-electron chi connectivity index (χ3n) is 1.51. The Bertz CT molecular complexity index is 355. The van der Waals surface area contributed by atoms with Gasteiger partial charge in [0.15, 0.2) is 0 Å². The predicted molar refractivity (Wildman–Crippen MR) is 51.3 cm³/mol. The number of nitrogens with zero attached hydrogens (tertiary/aromatic N) is 3. The normalized spacial score (nSPS) is 9.23. The van der Waals surface area contributed by atoms with Crippen LogP contribution in [0.3, 0.4) is 0 Å². The van der Waals surface area contributed by atoms with Gasteiger partial charge in [-0.2, -0.15) is 5.21 Å². The van der Waals surface area contributed by atoms with Gasteiger partial charge in [0.1, 0.15) is 0 Å². The molecule has 0 bridgehead atoms. The van der Waals surface area contributed by atoms with Crippen LogP contribution in [-0.2, 0) is 0 Å². The molecule has 0 amide bonds. The van der Waals surface area contributed by atoms with Gasteiger partial charge in [0.25, 0.3) is 0 Å². The molecule has 0 aliphatic rings. The van der Waals surface area contributed by atoms with Gasteiger partial charge in [0.2, 0.25) is 5.82 Å². The van der Waals surface area contributed by atoms with E-state index in [0.717, 1.165) is 11.3 Å². The monoisotopic (exact) mass is 197 g/mol. The lowest BCUT2D eigenvalue weighted by molar-refractivity contribution is 0.881. The predicted octanol–water partition coefficient (Wildman–Crippen LogP) is 0.871. The molecule has 0 aliphatic heterocycles.